The van der Waals surface area contributed by atoms with Crippen molar-refractivity contribution in [2.24, 2.45) is 0 Å². The lowest BCUT2D eigenvalue weighted by molar-refractivity contribution is 1.06. The molecule has 3 heteroatoms. The third-order valence-electron chi connectivity index (χ3n) is 1.61. The monoisotopic (exact) mass is 178 g/mol. The fraction of sp³-hybridized carbons (Fsp3) is 0. The molecule has 0 spiro atoms. The number of para-hydroxylation sites is 1. The summed E-state index contributed by atoms with van der Waals surface area (Å²) in [6.07, 6.45) is 3.47. The Kier molecular flexibility index (Phi) is 1.84. The van der Waals surface area contributed by atoms with Crippen LogP contribution in [-0.4, -0.2) is 9.55 Å². The molecule has 0 amide bonds. The van der Waals surface area contributed by atoms with E-state index >= 15 is 0 Å². The van der Waals surface area contributed by atoms with Crippen LogP contribution < -0.4 is 0 Å². The Morgan fingerprint density at radius 2 is 1.92 bits per heavy atom. The highest BCUT2D eigenvalue weighted by Gasteiger charge is 1.95. The Morgan fingerprint density at radius 1 is 1.17 bits per heavy atom. The van der Waals surface area contributed by atoms with E-state index in [1.165, 1.54) is 0 Å². The van der Waals surface area contributed by atoms with Gasteiger partial charge in [-0.1, -0.05) is 29.8 Å². The molecular formula is C9H7ClN2. The number of benzene rings is 1. The molecule has 0 aliphatic rings. The molecule has 2 aromatic rings. The van der Waals surface area contributed by atoms with Crippen LogP contribution in [0.4, 0.5) is 0 Å². The Morgan fingerprint density at radius 3 is 2.50 bits per heavy atom. The Hall–Kier alpha value is -1.28. The van der Waals surface area contributed by atoms with Crippen molar-refractivity contribution in [1.29, 1.82) is 0 Å². The molecule has 0 saturated carbocycles. The van der Waals surface area contributed by atoms with Gasteiger partial charge in [-0.2, -0.15) is 0 Å². The van der Waals surface area contributed by atoms with Gasteiger partial charge >= 0.3 is 0 Å². The van der Waals surface area contributed by atoms with E-state index in [1.807, 2.05) is 34.9 Å². The predicted molar refractivity (Wildman–Crippen MR) is 48.6 cm³/mol. The Balaban J connectivity index is 2.45. The summed E-state index contributed by atoms with van der Waals surface area (Å²) in [6.45, 7) is 0. The van der Waals surface area contributed by atoms with Gasteiger partial charge in [-0.3, -0.25) is 0 Å². The van der Waals surface area contributed by atoms with Crippen LogP contribution in [0.5, 0.6) is 0 Å². The number of rotatable bonds is 1. The van der Waals surface area contributed by atoms with Crippen LogP contribution in [0.2, 0.25) is 5.15 Å². The molecule has 0 aliphatic carbocycles. The maximum Gasteiger partial charge on any atom is 0.147 e. The fourth-order valence-corrected chi connectivity index (χ4v) is 1.19. The second kappa shape index (κ2) is 2.99. The molecule has 12 heavy (non-hydrogen) atoms. The van der Waals surface area contributed by atoms with Gasteiger partial charge in [-0.25, -0.2) is 4.98 Å². The zero-order valence-electron chi connectivity index (χ0n) is 6.31. The van der Waals surface area contributed by atoms with Gasteiger partial charge < -0.3 is 4.57 Å². The number of halogens is 1. The maximum absolute atomic E-state index is 5.68. The number of aromatic nitrogens is 2. The van der Waals surface area contributed by atoms with E-state index in [-0.39, 0.29) is 0 Å². The first-order chi connectivity index (χ1) is 5.86. The first kappa shape index (κ1) is 7.37. The summed E-state index contributed by atoms with van der Waals surface area (Å²) < 4.78 is 1.88. The topological polar surface area (TPSA) is 17.8 Å². The second-order valence-corrected chi connectivity index (χ2v) is 2.83. The number of nitrogens with zero attached hydrogens (tertiary/aromatic N) is 2. The first-order valence-electron chi connectivity index (χ1n) is 3.61. The van der Waals surface area contributed by atoms with Crippen molar-refractivity contribution in [2.75, 3.05) is 0 Å². The second-order valence-electron chi connectivity index (χ2n) is 2.44. The van der Waals surface area contributed by atoms with Crippen LogP contribution in [0.15, 0.2) is 42.9 Å². The summed E-state index contributed by atoms with van der Waals surface area (Å²) >= 11 is 5.68. The van der Waals surface area contributed by atoms with Crippen LogP contribution in [0.1, 0.15) is 0 Å². The van der Waals surface area contributed by atoms with Crippen LogP contribution >= 0.6 is 11.6 Å². The lowest BCUT2D eigenvalue weighted by atomic mass is 10.3. The van der Waals surface area contributed by atoms with E-state index in [1.54, 1.807) is 12.5 Å². The van der Waals surface area contributed by atoms with Gasteiger partial charge in [-0.15, -0.1) is 0 Å². The van der Waals surface area contributed by atoms with Gasteiger partial charge in [0.25, 0.3) is 0 Å². The van der Waals surface area contributed by atoms with Crippen LogP contribution in [0.25, 0.3) is 5.69 Å². The zero-order valence-corrected chi connectivity index (χ0v) is 7.07. The first-order valence-corrected chi connectivity index (χ1v) is 3.99. The summed E-state index contributed by atoms with van der Waals surface area (Å²) in [6, 6.07) is 9.92. The van der Waals surface area contributed by atoms with Gasteiger partial charge in [0.2, 0.25) is 0 Å². The average molecular weight is 179 g/mol. The SMILES string of the molecule is Clc1cn(-c2ccccc2)cn1. The zero-order chi connectivity index (χ0) is 8.39. The lowest BCUT2D eigenvalue weighted by Crippen LogP contribution is -1.87. The molecule has 0 bridgehead atoms. The average Bonchev–Trinajstić information content (AvgIpc) is 2.54. The molecule has 0 N–H and O–H groups in total. The molecular weight excluding hydrogens is 172 g/mol. The highest BCUT2D eigenvalue weighted by atomic mass is 35.5. The summed E-state index contributed by atoms with van der Waals surface area (Å²) in [5, 5.41) is 0.513. The molecule has 1 aromatic carbocycles. The van der Waals surface area contributed by atoms with E-state index in [9.17, 15) is 0 Å². The number of hydrogen-bond acceptors (Lipinski definition) is 1. The summed E-state index contributed by atoms with van der Waals surface area (Å²) in [4.78, 5) is 3.92. The quantitative estimate of drug-likeness (QED) is 0.656. The molecule has 60 valence electrons. The molecule has 2 nitrogen and oxygen atoms in total. The van der Waals surface area contributed by atoms with Gasteiger partial charge in [-0.05, 0) is 12.1 Å². The Bertz CT molecular complexity index is 367. The van der Waals surface area contributed by atoms with Crippen molar-refractivity contribution < 1.29 is 0 Å². The minimum absolute atomic E-state index is 0.513. The number of imidazole rings is 1. The van der Waals surface area contributed by atoms with E-state index < -0.39 is 0 Å². The van der Waals surface area contributed by atoms with Gasteiger partial charge in [0, 0.05) is 11.9 Å². The molecule has 1 heterocycles. The molecule has 1 aromatic heterocycles. The van der Waals surface area contributed by atoms with Gasteiger partial charge in [0.15, 0.2) is 0 Å². The number of hydrogen-bond donors (Lipinski definition) is 0. The minimum atomic E-state index is 0.513. The minimum Gasteiger partial charge on any atom is -0.305 e. The van der Waals surface area contributed by atoms with E-state index in [2.05, 4.69) is 4.98 Å². The van der Waals surface area contributed by atoms with Gasteiger partial charge in [0.05, 0.1) is 0 Å². The molecule has 0 fully saturated rings. The molecule has 0 unspecified atom stereocenters. The Labute approximate surface area is 75.4 Å². The van der Waals surface area contributed by atoms with Crippen molar-refractivity contribution >= 4 is 11.6 Å². The van der Waals surface area contributed by atoms with Crippen LogP contribution in [-0.2, 0) is 0 Å². The summed E-state index contributed by atoms with van der Waals surface area (Å²) in [7, 11) is 0. The van der Waals surface area contributed by atoms with E-state index in [0.717, 1.165) is 5.69 Å². The van der Waals surface area contributed by atoms with Crippen molar-refractivity contribution in [2.45, 2.75) is 0 Å². The highest BCUT2D eigenvalue weighted by Crippen LogP contribution is 2.10. The van der Waals surface area contributed by atoms with Crippen molar-refractivity contribution in [1.82, 2.24) is 9.55 Å². The van der Waals surface area contributed by atoms with Crippen molar-refractivity contribution in [3.8, 4) is 5.69 Å². The smallest absolute Gasteiger partial charge is 0.147 e. The van der Waals surface area contributed by atoms with E-state index in [0.29, 0.717) is 5.15 Å². The van der Waals surface area contributed by atoms with E-state index in [4.69, 9.17) is 11.6 Å². The van der Waals surface area contributed by atoms with Crippen molar-refractivity contribution in [3.63, 3.8) is 0 Å². The standard InChI is InChI=1S/C9H7ClN2/c10-9-6-12(7-11-9)8-4-2-1-3-5-8/h1-7H. The normalized spacial score (nSPS) is 10.1. The third-order valence-corrected chi connectivity index (χ3v) is 1.80. The van der Waals surface area contributed by atoms with Crippen LogP contribution in [0.3, 0.4) is 0 Å². The summed E-state index contributed by atoms with van der Waals surface area (Å²) in [5.41, 5.74) is 1.07. The molecule has 0 aliphatic heterocycles. The molecule has 0 radical (unpaired) electrons. The predicted octanol–water partition coefficient (Wildman–Crippen LogP) is 2.53. The fourth-order valence-electron chi connectivity index (χ4n) is 1.04. The lowest BCUT2D eigenvalue weighted by Gasteiger charge is -1.98. The molecule has 0 atom stereocenters. The maximum atomic E-state index is 5.68. The van der Waals surface area contributed by atoms with Crippen LogP contribution in [0, 0.1) is 0 Å². The third kappa shape index (κ3) is 1.34. The van der Waals surface area contributed by atoms with Gasteiger partial charge in [0.1, 0.15) is 11.5 Å². The van der Waals surface area contributed by atoms with Crippen molar-refractivity contribution in [3.05, 3.63) is 48.0 Å². The molecule has 2 rings (SSSR count). The summed E-state index contributed by atoms with van der Waals surface area (Å²) in [5.74, 6) is 0. The highest BCUT2D eigenvalue weighted by molar-refractivity contribution is 6.29. The molecule has 0 saturated heterocycles. The largest absolute Gasteiger partial charge is 0.305 e.